The average molecular weight is 267 g/mol. The van der Waals surface area contributed by atoms with Gasteiger partial charge in [0.15, 0.2) is 0 Å². The molecular formula is C17H17NO2. The fourth-order valence-electron chi connectivity index (χ4n) is 1.81. The molecule has 2 N–H and O–H groups in total. The number of carboxylic acids is 1. The van der Waals surface area contributed by atoms with Gasteiger partial charge in [-0.3, -0.25) is 0 Å². The predicted octanol–water partition coefficient (Wildman–Crippen LogP) is 3.58. The molecule has 0 heterocycles. The van der Waals surface area contributed by atoms with Crippen molar-refractivity contribution in [3.05, 3.63) is 71.3 Å². The quantitative estimate of drug-likeness (QED) is 0.814. The molecule has 0 atom stereocenters. The van der Waals surface area contributed by atoms with Crippen LogP contribution in [0.4, 0.5) is 5.69 Å². The van der Waals surface area contributed by atoms with Gasteiger partial charge in [-0.05, 0) is 30.7 Å². The fourth-order valence-corrected chi connectivity index (χ4v) is 1.81. The highest BCUT2D eigenvalue weighted by Gasteiger charge is 2.07. The van der Waals surface area contributed by atoms with E-state index in [-0.39, 0.29) is 6.54 Å². The molecule has 2 aromatic rings. The maximum Gasteiger partial charge on any atom is 0.333 e. The molecule has 0 aromatic heterocycles. The first kappa shape index (κ1) is 13.9. The van der Waals surface area contributed by atoms with E-state index >= 15 is 0 Å². The van der Waals surface area contributed by atoms with E-state index in [2.05, 4.69) is 5.32 Å². The standard InChI is InChI=1S/C17H17NO2/c1-13-7-9-16(10-8-13)18-12-15(17(19)20)11-14-5-3-2-4-6-14/h2-11,18H,12H2,1H3,(H,19,20)/b15-11+. The summed E-state index contributed by atoms with van der Waals surface area (Å²) >= 11 is 0. The van der Waals surface area contributed by atoms with Gasteiger partial charge in [-0.25, -0.2) is 4.79 Å². The third kappa shape index (κ3) is 3.99. The van der Waals surface area contributed by atoms with Gasteiger partial charge in [-0.15, -0.1) is 0 Å². The van der Waals surface area contributed by atoms with E-state index in [0.717, 1.165) is 11.3 Å². The number of nitrogens with one attached hydrogen (secondary N) is 1. The molecule has 0 aliphatic carbocycles. The van der Waals surface area contributed by atoms with Crippen LogP contribution < -0.4 is 5.32 Å². The number of hydrogen-bond acceptors (Lipinski definition) is 2. The first-order valence-electron chi connectivity index (χ1n) is 6.44. The number of carboxylic acid groups (broad SMARTS) is 1. The van der Waals surface area contributed by atoms with Crippen molar-refractivity contribution in [2.24, 2.45) is 0 Å². The summed E-state index contributed by atoms with van der Waals surface area (Å²) in [6.07, 6.45) is 1.68. The monoisotopic (exact) mass is 267 g/mol. The van der Waals surface area contributed by atoms with Crippen molar-refractivity contribution in [2.45, 2.75) is 6.92 Å². The molecule has 0 bridgehead atoms. The summed E-state index contributed by atoms with van der Waals surface area (Å²) in [6, 6.07) is 17.3. The lowest BCUT2D eigenvalue weighted by molar-refractivity contribution is -0.132. The molecule has 2 aromatic carbocycles. The summed E-state index contributed by atoms with van der Waals surface area (Å²) in [7, 11) is 0. The molecule has 0 fully saturated rings. The summed E-state index contributed by atoms with van der Waals surface area (Å²) in [6.45, 7) is 2.30. The second kappa shape index (κ2) is 6.57. The minimum Gasteiger partial charge on any atom is -0.478 e. The highest BCUT2D eigenvalue weighted by atomic mass is 16.4. The maximum absolute atomic E-state index is 11.3. The average Bonchev–Trinajstić information content (AvgIpc) is 2.46. The zero-order valence-electron chi connectivity index (χ0n) is 11.3. The highest BCUT2D eigenvalue weighted by Crippen LogP contribution is 2.11. The molecule has 20 heavy (non-hydrogen) atoms. The van der Waals surface area contributed by atoms with Crippen molar-refractivity contribution in [3.8, 4) is 0 Å². The Kier molecular flexibility index (Phi) is 4.56. The minimum atomic E-state index is -0.909. The number of carbonyl (C=O) groups is 1. The minimum absolute atomic E-state index is 0.285. The second-order valence-electron chi connectivity index (χ2n) is 4.60. The van der Waals surface area contributed by atoms with Gasteiger partial charge in [0.25, 0.3) is 0 Å². The van der Waals surface area contributed by atoms with Gasteiger partial charge in [-0.1, -0.05) is 48.0 Å². The largest absolute Gasteiger partial charge is 0.478 e. The Morgan fingerprint density at radius 1 is 1.10 bits per heavy atom. The van der Waals surface area contributed by atoms with Crippen LogP contribution in [0.2, 0.25) is 0 Å². The van der Waals surface area contributed by atoms with Gasteiger partial charge in [-0.2, -0.15) is 0 Å². The van der Waals surface area contributed by atoms with Crippen molar-refractivity contribution in [1.82, 2.24) is 0 Å². The van der Waals surface area contributed by atoms with Gasteiger partial charge in [0.05, 0.1) is 5.57 Å². The molecule has 0 spiro atoms. The Bertz CT molecular complexity index is 601. The van der Waals surface area contributed by atoms with E-state index in [4.69, 9.17) is 0 Å². The van der Waals surface area contributed by atoms with Crippen LogP contribution in [0.5, 0.6) is 0 Å². The second-order valence-corrected chi connectivity index (χ2v) is 4.60. The van der Waals surface area contributed by atoms with E-state index in [9.17, 15) is 9.90 Å². The lowest BCUT2D eigenvalue weighted by Gasteiger charge is -2.07. The fraction of sp³-hybridized carbons (Fsp3) is 0.118. The van der Waals surface area contributed by atoms with Crippen molar-refractivity contribution in [3.63, 3.8) is 0 Å². The van der Waals surface area contributed by atoms with Gasteiger partial charge >= 0.3 is 5.97 Å². The molecule has 0 radical (unpaired) electrons. The van der Waals surface area contributed by atoms with Crippen LogP contribution in [0.3, 0.4) is 0 Å². The predicted molar refractivity (Wildman–Crippen MR) is 81.7 cm³/mol. The molecule has 0 saturated carbocycles. The normalized spacial score (nSPS) is 11.2. The number of rotatable bonds is 5. The Balaban J connectivity index is 2.09. The summed E-state index contributed by atoms with van der Waals surface area (Å²) < 4.78 is 0. The van der Waals surface area contributed by atoms with Crippen LogP contribution in [0.25, 0.3) is 6.08 Å². The van der Waals surface area contributed by atoms with Gasteiger partial charge in [0.1, 0.15) is 0 Å². The Morgan fingerprint density at radius 2 is 1.75 bits per heavy atom. The Hall–Kier alpha value is -2.55. The van der Waals surface area contributed by atoms with Gasteiger partial charge in [0, 0.05) is 12.2 Å². The molecule has 0 aliphatic heterocycles. The van der Waals surface area contributed by atoms with E-state index in [1.807, 2.05) is 61.5 Å². The molecule has 0 aliphatic rings. The molecule has 2 rings (SSSR count). The lowest BCUT2D eigenvalue weighted by Crippen LogP contribution is -2.12. The summed E-state index contributed by atoms with van der Waals surface area (Å²) in [4.78, 5) is 11.3. The molecule has 0 amide bonds. The first-order valence-corrected chi connectivity index (χ1v) is 6.44. The Labute approximate surface area is 118 Å². The molecule has 102 valence electrons. The van der Waals surface area contributed by atoms with E-state index in [1.54, 1.807) is 6.08 Å². The first-order chi connectivity index (χ1) is 9.65. The smallest absolute Gasteiger partial charge is 0.333 e. The summed E-state index contributed by atoms with van der Waals surface area (Å²) in [5, 5.41) is 12.4. The molecule has 0 unspecified atom stereocenters. The van der Waals surface area contributed by atoms with Crippen molar-refractivity contribution in [2.75, 3.05) is 11.9 Å². The number of anilines is 1. The number of benzene rings is 2. The number of aliphatic carboxylic acids is 1. The van der Waals surface area contributed by atoms with Crippen LogP contribution >= 0.6 is 0 Å². The third-order valence-electron chi connectivity index (χ3n) is 2.95. The molecule has 3 nitrogen and oxygen atoms in total. The summed E-state index contributed by atoms with van der Waals surface area (Å²) in [5.74, 6) is -0.909. The molecular weight excluding hydrogens is 250 g/mol. The topological polar surface area (TPSA) is 49.3 Å². The van der Waals surface area contributed by atoms with Crippen LogP contribution in [-0.4, -0.2) is 17.6 Å². The number of hydrogen-bond donors (Lipinski definition) is 2. The maximum atomic E-state index is 11.3. The lowest BCUT2D eigenvalue weighted by atomic mass is 10.1. The van der Waals surface area contributed by atoms with Crippen molar-refractivity contribution < 1.29 is 9.90 Å². The zero-order valence-corrected chi connectivity index (χ0v) is 11.3. The SMILES string of the molecule is Cc1ccc(NC/C(=C\c2ccccc2)C(=O)O)cc1. The van der Waals surface area contributed by atoms with Gasteiger partial charge < -0.3 is 10.4 Å². The van der Waals surface area contributed by atoms with Crippen LogP contribution in [-0.2, 0) is 4.79 Å². The zero-order chi connectivity index (χ0) is 14.4. The van der Waals surface area contributed by atoms with Crippen molar-refractivity contribution >= 4 is 17.7 Å². The summed E-state index contributed by atoms with van der Waals surface area (Å²) in [5.41, 5.74) is 3.30. The van der Waals surface area contributed by atoms with E-state index in [0.29, 0.717) is 5.57 Å². The Morgan fingerprint density at radius 3 is 2.35 bits per heavy atom. The van der Waals surface area contributed by atoms with Gasteiger partial charge in [0.2, 0.25) is 0 Å². The number of aryl methyl sites for hydroxylation is 1. The van der Waals surface area contributed by atoms with E-state index in [1.165, 1.54) is 5.56 Å². The van der Waals surface area contributed by atoms with Crippen molar-refractivity contribution in [1.29, 1.82) is 0 Å². The molecule has 0 saturated heterocycles. The van der Waals surface area contributed by atoms with Crippen LogP contribution in [0, 0.1) is 6.92 Å². The third-order valence-corrected chi connectivity index (χ3v) is 2.95. The highest BCUT2D eigenvalue weighted by molar-refractivity contribution is 5.93. The van der Waals surface area contributed by atoms with E-state index < -0.39 is 5.97 Å². The van der Waals surface area contributed by atoms with Crippen LogP contribution in [0.1, 0.15) is 11.1 Å². The van der Waals surface area contributed by atoms with Crippen LogP contribution in [0.15, 0.2) is 60.2 Å². The molecule has 3 heteroatoms.